The number of esters is 3. The van der Waals surface area contributed by atoms with Gasteiger partial charge in [-0.15, -0.1) is 0 Å². The molecule has 7 nitrogen and oxygen atoms in total. The Balaban J connectivity index is 2.52. The van der Waals surface area contributed by atoms with Crippen molar-refractivity contribution in [2.75, 3.05) is 6.61 Å². The van der Waals surface area contributed by atoms with Gasteiger partial charge in [-0.25, -0.2) is 9.59 Å². The minimum Gasteiger partial charge on any atom is -0.458 e. The Labute approximate surface area is 164 Å². The van der Waals surface area contributed by atoms with Crippen LogP contribution in [-0.2, 0) is 28.6 Å². The van der Waals surface area contributed by atoms with Crippen molar-refractivity contribution in [3.63, 3.8) is 0 Å². The molecule has 0 amide bonds. The quantitative estimate of drug-likeness (QED) is 0.340. The number of fused-ring (bicyclic) bond motifs is 1. The smallest absolute Gasteiger partial charge is 0.334 e. The molecule has 2 aliphatic rings. The summed E-state index contributed by atoms with van der Waals surface area (Å²) in [7, 11) is 0. The summed E-state index contributed by atoms with van der Waals surface area (Å²) in [5.74, 6) is -2.58. The lowest BCUT2D eigenvalue weighted by molar-refractivity contribution is -0.162. The van der Waals surface area contributed by atoms with E-state index in [0.29, 0.717) is 24.0 Å². The Kier molecular flexibility index (Phi) is 6.96. The van der Waals surface area contributed by atoms with Gasteiger partial charge in [0.15, 0.2) is 12.2 Å². The first kappa shape index (κ1) is 21.6. The molecule has 0 radical (unpaired) electrons. The minimum atomic E-state index is -0.919. The molecule has 7 heteroatoms. The Morgan fingerprint density at radius 2 is 1.96 bits per heavy atom. The number of aliphatic hydroxyl groups excluding tert-OH is 1. The molecule has 0 bridgehead atoms. The van der Waals surface area contributed by atoms with Gasteiger partial charge in [0, 0.05) is 24.5 Å². The molecule has 4 unspecified atom stereocenters. The first-order chi connectivity index (χ1) is 13.1. The van der Waals surface area contributed by atoms with Gasteiger partial charge < -0.3 is 19.3 Å². The molecule has 0 aromatic carbocycles. The molecular weight excluding hydrogens is 364 g/mol. The van der Waals surface area contributed by atoms with E-state index in [1.807, 2.05) is 6.08 Å². The summed E-state index contributed by atoms with van der Waals surface area (Å²) < 4.78 is 16.5. The first-order valence-electron chi connectivity index (χ1n) is 9.05. The fourth-order valence-electron chi connectivity index (χ4n) is 3.41. The molecule has 1 aliphatic carbocycles. The van der Waals surface area contributed by atoms with Gasteiger partial charge in [-0.1, -0.05) is 25.8 Å². The SMILES string of the molecule is C=C(C)C(=O)OC1C/C(CO)=C\CCC(=C)C(OC(C)=O)C2OC(=O)C(=C)C12. The highest BCUT2D eigenvalue weighted by Gasteiger charge is 2.50. The van der Waals surface area contributed by atoms with E-state index in [2.05, 4.69) is 19.7 Å². The normalized spacial score (nSPS) is 29.8. The average Bonchev–Trinajstić information content (AvgIpc) is 2.91. The zero-order valence-electron chi connectivity index (χ0n) is 16.2. The third-order valence-electron chi connectivity index (χ3n) is 4.83. The highest BCUT2D eigenvalue weighted by atomic mass is 16.6. The molecule has 1 N–H and O–H groups in total. The van der Waals surface area contributed by atoms with Crippen LogP contribution < -0.4 is 0 Å². The van der Waals surface area contributed by atoms with E-state index in [1.165, 1.54) is 13.8 Å². The van der Waals surface area contributed by atoms with Gasteiger partial charge in [0.2, 0.25) is 0 Å². The molecule has 1 fully saturated rings. The van der Waals surface area contributed by atoms with Gasteiger partial charge in [-0.3, -0.25) is 4.79 Å². The summed E-state index contributed by atoms with van der Waals surface area (Å²) in [5, 5.41) is 9.69. The minimum absolute atomic E-state index is 0.118. The lowest BCUT2D eigenvalue weighted by Gasteiger charge is -2.33. The highest BCUT2D eigenvalue weighted by molar-refractivity contribution is 5.91. The molecule has 28 heavy (non-hydrogen) atoms. The topological polar surface area (TPSA) is 99.1 Å². The number of hydrogen-bond acceptors (Lipinski definition) is 7. The fourth-order valence-corrected chi connectivity index (χ4v) is 3.41. The Morgan fingerprint density at radius 1 is 1.29 bits per heavy atom. The first-order valence-corrected chi connectivity index (χ1v) is 9.05. The summed E-state index contributed by atoms with van der Waals surface area (Å²) in [6.45, 7) is 13.9. The maximum absolute atomic E-state index is 12.3. The molecule has 4 atom stereocenters. The second-order valence-corrected chi connectivity index (χ2v) is 7.10. The van der Waals surface area contributed by atoms with Crippen LogP contribution in [-0.4, -0.2) is 47.9 Å². The molecule has 1 aliphatic heterocycles. The molecule has 2 rings (SSSR count). The van der Waals surface area contributed by atoms with Gasteiger partial charge in [0.25, 0.3) is 0 Å². The van der Waals surface area contributed by atoms with Crippen LogP contribution >= 0.6 is 0 Å². The van der Waals surface area contributed by atoms with E-state index in [4.69, 9.17) is 14.2 Å². The lowest BCUT2D eigenvalue weighted by atomic mass is 9.82. The third kappa shape index (κ3) is 4.78. The van der Waals surface area contributed by atoms with Crippen LogP contribution in [0.25, 0.3) is 0 Å². The van der Waals surface area contributed by atoms with Crippen molar-refractivity contribution in [3.05, 3.63) is 48.1 Å². The highest BCUT2D eigenvalue weighted by Crippen LogP contribution is 2.39. The number of carbonyl (C=O) groups is 3. The number of aliphatic hydroxyl groups is 1. The fraction of sp³-hybridized carbons (Fsp3) is 0.476. The number of hydrogen-bond donors (Lipinski definition) is 1. The third-order valence-corrected chi connectivity index (χ3v) is 4.83. The van der Waals surface area contributed by atoms with Crippen molar-refractivity contribution in [2.24, 2.45) is 5.92 Å². The predicted octanol–water partition coefficient (Wildman–Crippen LogP) is 2.16. The zero-order chi connectivity index (χ0) is 21.0. The van der Waals surface area contributed by atoms with Crippen molar-refractivity contribution in [3.8, 4) is 0 Å². The lowest BCUT2D eigenvalue weighted by Crippen LogP contribution is -2.43. The number of allylic oxidation sites excluding steroid dienone is 1. The van der Waals surface area contributed by atoms with E-state index in [-0.39, 0.29) is 24.2 Å². The van der Waals surface area contributed by atoms with Gasteiger partial charge in [0.1, 0.15) is 6.10 Å². The maximum atomic E-state index is 12.3. The van der Waals surface area contributed by atoms with Gasteiger partial charge in [-0.05, 0) is 30.9 Å². The summed E-state index contributed by atoms with van der Waals surface area (Å²) in [6.07, 6.45) is 0.378. The molecule has 1 saturated heterocycles. The van der Waals surface area contributed by atoms with Crippen LogP contribution in [0.15, 0.2) is 48.1 Å². The summed E-state index contributed by atoms with van der Waals surface area (Å²) in [5.41, 5.74) is 1.53. The standard InChI is InChI=1S/C21H26O7/c1-11(2)20(24)27-16-9-15(10-22)8-6-7-12(3)18(26-14(5)23)19-17(16)13(4)21(25)28-19/h8,16-19,22H,1,3-4,6-7,9-10H2,2,5H3/b15-8+. The van der Waals surface area contributed by atoms with Crippen LogP contribution in [0.1, 0.15) is 33.1 Å². The van der Waals surface area contributed by atoms with Crippen molar-refractivity contribution in [1.82, 2.24) is 0 Å². The van der Waals surface area contributed by atoms with Crippen LogP contribution in [0.5, 0.6) is 0 Å². The molecule has 0 aromatic heterocycles. The Hall–Kier alpha value is -2.67. The molecule has 0 spiro atoms. The summed E-state index contributed by atoms with van der Waals surface area (Å²) >= 11 is 0. The predicted molar refractivity (Wildman–Crippen MR) is 101 cm³/mol. The molecular formula is C21H26O7. The van der Waals surface area contributed by atoms with Crippen LogP contribution in [0.4, 0.5) is 0 Å². The van der Waals surface area contributed by atoms with E-state index in [0.717, 1.165) is 0 Å². The van der Waals surface area contributed by atoms with Crippen LogP contribution in [0.3, 0.4) is 0 Å². The van der Waals surface area contributed by atoms with E-state index in [9.17, 15) is 19.5 Å². The molecule has 152 valence electrons. The van der Waals surface area contributed by atoms with Crippen LogP contribution in [0.2, 0.25) is 0 Å². The van der Waals surface area contributed by atoms with Crippen molar-refractivity contribution < 1.29 is 33.7 Å². The second-order valence-electron chi connectivity index (χ2n) is 7.10. The second kappa shape index (κ2) is 9.01. The Morgan fingerprint density at radius 3 is 2.54 bits per heavy atom. The van der Waals surface area contributed by atoms with E-state index >= 15 is 0 Å². The summed E-state index contributed by atoms with van der Waals surface area (Å²) in [6, 6.07) is 0. The van der Waals surface area contributed by atoms with Crippen molar-refractivity contribution >= 4 is 17.9 Å². The van der Waals surface area contributed by atoms with E-state index in [1.54, 1.807) is 0 Å². The zero-order valence-corrected chi connectivity index (χ0v) is 16.2. The Bertz CT molecular complexity index is 746. The van der Waals surface area contributed by atoms with E-state index < -0.39 is 42.1 Å². The molecule has 0 aromatic rings. The van der Waals surface area contributed by atoms with Gasteiger partial charge in [0.05, 0.1) is 12.5 Å². The monoisotopic (exact) mass is 390 g/mol. The maximum Gasteiger partial charge on any atom is 0.334 e. The average molecular weight is 390 g/mol. The van der Waals surface area contributed by atoms with Gasteiger partial charge >= 0.3 is 17.9 Å². The van der Waals surface area contributed by atoms with Gasteiger partial charge in [-0.2, -0.15) is 0 Å². The van der Waals surface area contributed by atoms with Crippen molar-refractivity contribution in [1.29, 1.82) is 0 Å². The number of ether oxygens (including phenoxy) is 3. The largest absolute Gasteiger partial charge is 0.458 e. The molecule has 0 saturated carbocycles. The summed E-state index contributed by atoms with van der Waals surface area (Å²) in [4.78, 5) is 36.1. The van der Waals surface area contributed by atoms with Crippen LogP contribution in [0, 0.1) is 5.92 Å². The van der Waals surface area contributed by atoms with Crippen molar-refractivity contribution in [2.45, 2.75) is 51.4 Å². The number of carbonyl (C=O) groups excluding carboxylic acids is 3. The number of rotatable bonds is 4. The molecule has 1 heterocycles.